The summed E-state index contributed by atoms with van der Waals surface area (Å²) >= 11 is 6.85. The molecule has 34 heavy (non-hydrogen) atoms. The van der Waals surface area contributed by atoms with E-state index in [1.165, 1.54) is 4.90 Å². The lowest BCUT2D eigenvalue weighted by atomic mass is 9.94. The molecule has 0 spiro atoms. The summed E-state index contributed by atoms with van der Waals surface area (Å²) in [5.74, 6) is -1.26. The number of nitrogens with zero attached hydrogens (tertiary/aromatic N) is 2. The molecule has 11 heteroatoms. The molecule has 2 fully saturated rings. The number of sulfonamides is 1. The maximum absolute atomic E-state index is 13.3. The minimum absolute atomic E-state index is 0.0607. The van der Waals surface area contributed by atoms with Gasteiger partial charge in [0.25, 0.3) is 10.0 Å². The largest absolute Gasteiger partial charge is 0.326 e. The molecule has 0 radical (unpaired) electrons. The van der Waals surface area contributed by atoms with Gasteiger partial charge in [-0.3, -0.25) is 14.5 Å². The fraction of sp³-hybridized carbons (Fsp3) is 0.348. The summed E-state index contributed by atoms with van der Waals surface area (Å²) in [4.78, 5) is 27.2. The monoisotopic (exact) mass is 523 g/mol. The maximum atomic E-state index is 13.3. The number of amides is 2. The number of rotatable bonds is 6. The number of carbonyl (C=O) groups is 2. The molecule has 1 aliphatic carbocycles. The minimum atomic E-state index is -4.17. The van der Waals surface area contributed by atoms with E-state index in [1.807, 2.05) is 0 Å². The van der Waals surface area contributed by atoms with Gasteiger partial charge in [0, 0.05) is 23.2 Å². The minimum Gasteiger partial charge on any atom is -0.326 e. The number of hydrogen-bond donors (Lipinski definition) is 1. The lowest BCUT2D eigenvalue weighted by Gasteiger charge is -2.30. The summed E-state index contributed by atoms with van der Waals surface area (Å²) in [6.07, 6.45) is 4.26. The summed E-state index contributed by atoms with van der Waals surface area (Å²) in [5.41, 5.74) is 0.543. The zero-order chi connectivity index (χ0) is 24.3. The van der Waals surface area contributed by atoms with Crippen molar-refractivity contribution in [3.8, 4) is 0 Å². The van der Waals surface area contributed by atoms with E-state index in [4.69, 9.17) is 11.6 Å². The molecule has 2 aromatic carbocycles. The van der Waals surface area contributed by atoms with E-state index in [0.29, 0.717) is 10.7 Å². The van der Waals surface area contributed by atoms with Crippen molar-refractivity contribution in [1.82, 2.24) is 4.90 Å². The van der Waals surface area contributed by atoms with Crippen molar-refractivity contribution in [3.63, 3.8) is 0 Å². The predicted octanol–water partition coefficient (Wildman–Crippen LogP) is 4.83. The van der Waals surface area contributed by atoms with Crippen LogP contribution in [0.15, 0.2) is 57.8 Å². The highest BCUT2D eigenvalue weighted by atomic mass is 35.5. The first-order valence-corrected chi connectivity index (χ1v) is 13.6. The molecule has 2 aromatic rings. The van der Waals surface area contributed by atoms with Gasteiger partial charge < -0.3 is 5.32 Å². The Kier molecular flexibility index (Phi) is 7.59. The van der Waals surface area contributed by atoms with Crippen molar-refractivity contribution in [2.24, 2.45) is 4.40 Å². The first-order valence-electron chi connectivity index (χ1n) is 10.9. The zero-order valence-corrected chi connectivity index (χ0v) is 20.5. The van der Waals surface area contributed by atoms with Crippen LogP contribution in [0.1, 0.15) is 38.5 Å². The fourth-order valence-corrected chi connectivity index (χ4v) is 6.56. The Morgan fingerprint density at radius 2 is 1.74 bits per heavy atom. The second-order valence-corrected chi connectivity index (χ2v) is 11.4. The van der Waals surface area contributed by atoms with E-state index in [2.05, 4.69) is 9.71 Å². The second-order valence-electron chi connectivity index (χ2n) is 8.17. The third-order valence-electron chi connectivity index (χ3n) is 5.72. The molecule has 1 saturated heterocycles. The molecule has 2 amide bonds. The van der Waals surface area contributed by atoms with E-state index in [0.717, 1.165) is 68.1 Å². The van der Waals surface area contributed by atoms with Crippen molar-refractivity contribution in [1.29, 1.82) is 0 Å². The van der Waals surface area contributed by atoms with Crippen LogP contribution < -0.4 is 5.32 Å². The average molecular weight is 524 g/mol. The number of halogens is 2. The second kappa shape index (κ2) is 10.5. The third-order valence-corrected chi connectivity index (χ3v) is 8.52. The lowest BCUT2D eigenvalue weighted by molar-refractivity contribution is -0.130. The number of nitrogens with one attached hydrogen (secondary N) is 1. The zero-order valence-electron chi connectivity index (χ0n) is 18.1. The summed E-state index contributed by atoms with van der Waals surface area (Å²) < 4.78 is 43.0. The Hall–Kier alpha value is -2.43. The molecule has 1 heterocycles. The highest BCUT2D eigenvalue weighted by molar-refractivity contribution is 8.16. The molecule has 0 aromatic heterocycles. The van der Waals surface area contributed by atoms with Gasteiger partial charge in [-0.15, -0.1) is 4.40 Å². The standard InChI is InChI=1S/C23H23ClFN3O4S2/c24-15-6-10-17(11-7-15)26-21(29)14-20-22(30)28(18-4-2-1-3-5-18)23(33-20)27-34(31,32)19-12-8-16(25)9-13-19/h6-13,18,20H,1-5,14H2,(H,26,29)/t20-/m1/s1. The van der Waals surface area contributed by atoms with E-state index < -0.39 is 21.1 Å². The molecule has 7 nitrogen and oxygen atoms in total. The molecule has 1 aliphatic heterocycles. The van der Waals surface area contributed by atoms with Gasteiger partial charge in [0.05, 0.1) is 4.90 Å². The average Bonchev–Trinajstić information content (AvgIpc) is 3.10. The van der Waals surface area contributed by atoms with E-state index in [-0.39, 0.29) is 34.3 Å². The smallest absolute Gasteiger partial charge is 0.284 e. The molecule has 2 aliphatic rings. The van der Waals surface area contributed by atoms with Crippen LogP contribution in [0.5, 0.6) is 0 Å². The quantitative estimate of drug-likeness (QED) is 0.585. The Balaban J connectivity index is 1.57. The van der Waals surface area contributed by atoms with Gasteiger partial charge >= 0.3 is 0 Å². The highest BCUT2D eigenvalue weighted by Gasteiger charge is 2.43. The van der Waals surface area contributed by atoms with E-state index in [1.54, 1.807) is 24.3 Å². The first kappa shape index (κ1) is 24.7. The van der Waals surface area contributed by atoms with Crippen LogP contribution in [0.3, 0.4) is 0 Å². The number of hydrogen-bond acceptors (Lipinski definition) is 5. The molecule has 1 N–H and O–H groups in total. The number of benzene rings is 2. The molecule has 4 rings (SSSR count). The Morgan fingerprint density at radius 1 is 1.09 bits per heavy atom. The summed E-state index contributed by atoms with van der Waals surface area (Å²) in [7, 11) is -4.17. The van der Waals surface area contributed by atoms with E-state index in [9.17, 15) is 22.4 Å². The Morgan fingerprint density at radius 3 is 2.38 bits per heavy atom. The summed E-state index contributed by atoms with van der Waals surface area (Å²) in [6, 6.07) is 10.8. The topological polar surface area (TPSA) is 95.9 Å². The SMILES string of the molecule is O=C(C[C@H]1SC(=NS(=O)(=O)c2ccc(F)cc2)N(C2CCCCC2)C1=O)Nc1ccc(Cl)cc1. The molecule has 0 bridgehead atoms. The predicted molar refractivity (Wildman–Crippen MR) is 131 cm³/mol. The molecule has 1 atom stereocenters. The number of amidine groups is 1. The van der Waals surface area contributed by atoms with Crippen molar-refractivity contribution in [2.45, 2.75) is 54.7 Å². The van der Waals surface area contributed by atoms with Crippen molar-refractivity contribution in [2.75, 3.05) is 5.32 Å². The molecule has 1 saturated carbocycles. The van der Waals surface area contributed by atoms with Crippen molar-refractivity contribution in [3.05, 3.63) is 59.4 Å². The normalized spacial score (nSPS) is 20.6. The third kappa shape index (κ3) is 5.79. The van der Waals surface area contributed by atoms with Crippen LogP contribution in [-0.4, -0.2) is 41.6 Å². The van der Waals surface area contributed by atoms with Gasteiger partial charge in [0.2, 0.25) is 11.8 Å². The molecule has 180 valence electrons. The highest BCUT2D eigenvalue weighted by Crippen LogP contribution is 2.36. The van der Waals surface area contributed by atoms with Crippen molar-refractivity contribution < 1.29 is 22.4 Å². The first-order chi connectivity index (χ1) is 16.2. The van der Waals surface area contributed by atoms with E-state index >= 15 is 0 Å². The molecular weight excluding hydrogens is 501 g/mol. The number of anilines is 1. The van der Waals surface area contributed by atoms with Gasteiger partial charge in [0.15, 0.2) is 5.17 Å². The van der Waals surface area contributed by atoms with Gasteiger partial charge in [-0.25, -0.2) is 4.39 Å². The van der Waals surface area contributed by atoms with Gasteiger partial charge in [-0.1, -0.05) is 42.6 Å². The van der Waals surface area contributed by atoms with Gasteiger partial charge in [0.1, 0.15) is 11.1 Å². The molecule has 0 unspecified atom stereocenters. The summed E-state index contributed by atoms with van der Waals surface area (Å²) in [5, 5.41) is 2.53. The maximum Gasteiger partial charge on any atom is 0.284 e. The van der Waals surface area contributed by atoms with Crippen LogP contribution in [0.2, 0.25) is 5.02 Å². The lowest BCUT2D eigenvalue weighted by Crippen LogP contribution is -2.42. The van der Waals surface area contributed by atoms with Gasteiger partial charge in [-0.05, 0) is 61.4 Å². The number of carbonyl (C=O) groups excluding carboxylic acids is 2. The fourth-order valence-electron chi connectivity index (χ4n) is 4.03. The number of thioether (sulfide) groups is 1. The van der Waals surface area contributed by atoms with Gasteiger partial charge in [-0.2, -0.15) is 8.42 Å². The Bertz CT molecular complexity index is 1200. The Labute approximate surface area is 206 Å². The van der Waals surface area contributed by atoms with Crippen molar-refractivity contribution >= 4 is 56.1 Å². The van der Waals surface area contributed by atoms with Crippen LogP contribution >= 0.6 is 23.4 Å². The van der Waals surface area contributed by atoms with Crippen LogP contribution in [0.4, 0.5) is 10.1 Å². The summed E-state index contributed by atoms with van der Waals surface area (Å²) in [6.45, 7) is 0. The molecular formula is C23H23ClFN3O4S2. The van der Waals surface area contributed by atoms with Crippen LogP contribution in [0.25, 0.3) is 0 Å². The van der Waals surface area contributed by atoms with Crippen LogP contribution in [-0.2, 0) is 19.6 Å². The van der Waals surface area contributed by atoms with Crippen LogP contribution in [0, 0.1) is 5.82 Å².